The molecular formula is C22H28F3N3. The molecule has 0 aliphatic carbocycles. The highest BCUT2D eigenvalue weighted by atomic mass is 19.4. The van der Waals surface area contributed by atoms with E-state index in [1.54, 1.807) is 0 Å². The number of anilines is 1. The van der Waals surface area contributed by atoms with Crippen LogP contribution in [0.15, 0.2) is 36.4 Å². The van der Waals surface area contributed by atoms with Crippen molar-refractivity contribution in [2.45, 2.75) is 52.0 Å². The molecule has 0 fully saturated rings. The van der Waals surface area contributed by atoms with Crippen LogP contribution in [0, 0.1) is 6.92 Å². The number of hydrogen-bond acceptors (Lipinski definition) is 3. The predicted octanol–water partition coefficient (Wildman–Crippen LogP) is 4.34. The van der Waals surface area contributed by atoms with Crippen LogP contribution >= 0.6 is 0 Å². The summed E-state index contributed by atoms with van der Waals surface area (Å²) in [5, 5.41) is 9.55. The normalized spacial score (nSPS) is 15.6. The highest BCUT2D eigenvalue weighted by Gasteiger charge is 2.35. The minimum atomic E-state index is -4.22. The number of alkyl halides is 3. The van der Waals surface area contributed by atoms with E-state index in [2.05, 4.69) is 35.0 Å². The topological polar surface area (TPSA) is 36.1 Å². The first-order chi connectivity index (χ1) is 13.3. The lowest BCUT2D eigenvalue weighted by molar-refractivity contribution is -0.151. The lowest BCUT2D eigenvalue weighted by atomic mass is 9.97. The summed E-state index contributed by atoms with van der Waals surface area (Å²) in [4.78, 5) is 0. The van der Waals surface area contributed by atoms with Gasteiger partial charge in [0.15, 0.2) is 0 Å². The molecule has 0 saturated carbocycles. The Morgan fingerprint density at radius 3 is 2.29 bits per heavy atom. The van der Waals surface area contributed by atoms with Gasteiger partial charge in [0, 0.05) is 18.8 Å². The van der Waals surface area contributed by atoms with Crippen molar-refractivity contribution in [2.24, 2.45) is 0 Å². The summed E-state index contributed by atoms with van der Waals surface area (Å²) in [6.45, 7) is 6.15. The molecule has 1 unspecified atom stereocenters. The highest BCUT2D eigenvalue weighted by molar-refractivity contribution is 5.61. The third kappa shape index (κ3) is 5.26. The average Bonchev–Trinajstić information content (AvgIpc) is 2.91. The van der Waals surface area contributed by atoms with Gasteiger partial charge in [0.25, 0.3) is 0 Å². The third-order valence-electron chi connectivity index (χ3n) is 5.34. The summed E-state index contributed by atoms with van der Waals surface area (Å²) in [6.07, 6.45) is -2.16. The van der Waals surface area contributed by atoms with E-state index in [-0.39, 0.29) is 6.54 Å². The summed E-state index contributed by atoms with van der Waals surface area (Å²) in [5.41, 5.74) is 7.20. The molecule has 28 heavy (non-hydrogen) atoms. The van der Waals surface area contributed by atoms with E-state index in [1.807, 2.05) is 24.3 Å². The van der Waals surface area contributed by atoms with Crippen molar-refractivity contribution in [3.8, 4) is 0 Å². The van der Waals surface area contributed by atoms with Crippen molar-refractivity contribution in [1.82, 2.24) is 10.6 Å². The molecule has 0 radical (unpaired) electrons. The molecule has 3 rings (SSSR count). The van der Waals surface area contributed by atoms with Crippen LogP contribution in [0.3, 0.4) is 0 Å². The van der Waals surface area contributed by atoms with Crippen molar-refractivity contribution >= 4 is 5.69 Å². The van der Waals surface area contributed by atoms with Gasteiger partial charge in [0.2, 0.25) is 0 Å². The van der Waals surface area contributed by atoms with Crippen LogP contribution in [-0.4, -0.2) is 25.3 Å². The molecule has 6 heteroatoms. The number of hydrogen-bond donors (Lipinski definition) is 3. The zero-order valence-electron chi connectivity index (χ0n) is 16.4. The molecular weight excluding hydrogens is 363 g/mol. The van der Waals surface area contributed by atoms with Gasteiger partial charge in [-0.1, -0.05) is 36.4 Å². The lowest BCUT2D eigenvalue weighted by Crippen LogP contribution is -2.39. The van der Waals surface area contributed by atoms with Gasteiger partial charge in [0.05, 0.1) is 0 Å². The van der Waals surface area contributed by atoms with Gasteiger partial charge in [-0.05, 0) is 67.6 Å². The fourth-order valence-corrected chi connectivity index (χ4v) is 3.49. The Hall–Kier alpha value is -2.05. The molecule has 0 saturated heterocycles. The summed E-state index contributed by atoms with van der Waals surface area (Å²) >= 11 is 0. The zero-order valence-corrected chi connectivity index (χ0v) is 16.4. The Kier molecular flexibility index (Phi) is 6.62. The van der Waals surface area contributed by atoms with Gasteiger partial charge < -0.3 is 16.0 Å². The number of fused-ring (bicyclic) bond motifs is 1. The van der Waals surface area contributed by atoms with Crippen molar-refractivity contribution in [3.63, 3.8) is 0 Å². The molecule has 1 aliphatic heterocycles. The minimum absolute atomic E-state index is 0.201. The van der Waals surface area contributed by atoms with Gasteiger partial charge in [-0.2, -0.15) is 13.2 Å². The van der Waals surface area contributed by atoms with Gasteiger partial charge in [-0.15, -0.1) is 0 Å². The Bertz CT molecular complexity index is 785. The largest absolute Gasteiger partial charge is 0.403 e. The third-order valence-corrected chi connectivity index (χ3v) is 5.34. The van der Waals surface area contributed by atoms with Crippen LogP contribution in [0.5, 0.6) is 0 Å². The number of halogens is 3. The van der Waals surface area contributed by atoms with Gasteiger partial charge >= 0.3 is 6.18 Å². The van der Waals surface area contributed by atoms with Gasteiger partial charge in [-0.25, -0.2) is 0 Å². The predicted molar refractivity (Wildman–Crippen MR) is 108 cm³/mol. The Labute approximate surface area is 164 Å². The molecule has 3 N–H and O–H groups in total. The zero-order chi connectivity index (χ0) is 20.1. The lowest BCUT2D eigenvalue weighted by Gasteiger charge is -2.18. The standard InChI is InChI=1S/C22H28F3N3/c1-15-3-8-19-9-11-26-12-10-20(19)21(15)28-14-18-6-4-17(5-7-18)13-27-16(2)22(23,24)25/h3-8,16,26-28H,9-14H2,1-2H3. The van der Waals surface area contributed by atoms with E-state index in [0.717, 1.165) is 44.0 Å². The number of benzene rings is 2. The van der Waals surface area contributed by atoms with E-state index < -0.39 is 12.2 Å². The molecule has 0 spiro atoms. The quantitative estimate of drug-likeness (QED) is 0.686. The number of aryl methyl sites for hydroxylation is 1. The second-order valence-electron chi connectivity index (χ2n) is 7.46. The second-order valence-corrected chi connectivity index (χ2v) is 7.46. The molecule has 1 aliphatic rings. The summed E-state index contributed by atoms with van der Waals surface area (Å²) < 4.78 is 37.7. The maximum atomic E-state index is 12.6. The smallest absolute Gasteiger partial charge is 0.381 e. The molecule has 1 atom stereocenters. The average molecular weight is 391 g/mol. The van der Waals surface area contributed by atoms with E-state index in [0.29, 0.717) is 6.54 Å². The molecule has 0 bridgehead atoms. The summed E-state index contributed by atoms with van der Waals surface area (Å²) in [7, 11) is 0. The van der Waals surface area contributed by atoms with Gasteiger partial charge in [0.1, 0.15) is 6.04 Å². The van der Waals surface area contributed by atoms with Crippen molar-refractivity contribution < 1.29 is 13.2 Å². The van der Waals surface area contributed by atoms with Crippen LogP contribution in [-0.2, 0) is 25.9 Å². The highest BCUT2D eigenvalue weighted by Crippen LogP contribution is 2.27. The van der Waals surface area contributed by atoms with Gasteiger partial charge in [-0.3, -0.25) is 0 Å². The molecule has 2 aromatic rings. The first-order valence-corrected chi connectivity index (χ1v) is 9.78. The van der Waals surface area contributed by atoms with Crippen molar-refractivity contribution in [2.75, 3.05) is 18.4 Å². The SMILES string of the molecule is Cc1ccc2c(c1NCc1ccc(CNC(C)C(F)(F)F)cc1)CCNCC2. The Balaban J connectivity index is 1.61. The van der Waals surface area contributed by atoms with Crippen LogP contribution < -0.4 is 16.0 Å². The number of rotatable bonds is 6. The molecule has 152 valence electrons. The van der Waals surface area contributed by atoms with Crippen molar-refractivity contribution in [1.29, 1.82) is 0 Å². The van der Waals surface area contributed by atoms with E-state index >= 15 is 0 Å². The maximum absolute atomic E-state index is 12.6. The fraction of sp³-hybridized carbons (Fsp3) is 0.455. The van der Waals surface area contributed by atoms with Crippen LogP contribution in [0.1, 0.15) is 34.7 Å². The number of nitrogens with one attached hydrogen (secondary N) is 3. The minimum Gasteiger partial charge on any atom is -0.381 e. The van der Waals surface area contributed by atoms with E-state index in [9.17, 15) is 13.2 Å². The molecule has 1 heterocycles. The molecule has 3 nitrogen and oxygen atoms in total. The van der Waals surface area contributed by atoms with Crippen LogP contribution in [0.4, 0.5) is 18.9 Å². The van der Waals surface area contributed by atoms with Crippen LogP contribution in [0.25, 0.3) is 0 Å². The summed E-state index contributed by atoms with van der Waals surface area (Å²) in [5.74, 6) is 0. The fourth-order valence-electron chi connectivity index (χ4n) is 3.49. The summed E-state index contributed by atoms with van der Waals surface area (Å²) in [6, 6.07) is 10.6. The second kappa shape index (κ2) is 8.97. The van der Waals surface area contributed by atoms with Crippen LogP contribution in [0.2, 0.25) is 0 Å². The maximum Gasteiger partial charge on any atom is 0.403 e. The Morgan fingerprint density at radius 2 is 1.61 bits per heavy atom. The molecule has 2 aromatic carbocycles. The molecule has 0 amide bonds. The van der Waals surface area contributed by atoms with E-state index in [4.69, 9.17) is 0 Å². The van der Waals surface area contributed by atoms with E-state index in [1.165, 1.54) is 22.4 Å². The first kappa shape index (κ1) is 20.7. The van der Waals surface area contributed by atoms with Crippen molar-refractivity contribution in [3.05, 3.63) is 64.2 Å². The molecule has 0 aromatic heterocycles. The first-order valence-electron chi connectivity index (χ1n) is 9.78. The monoisotopic (exact) mass is 391 g/mol. The Morgan fingerprint density at radius 1 is 0.964 bits per heavy atom.